The highest BCUT2D eigenvalue weighted by Crippen LogP contribution is 2.26. The van der Waals surface area contributed by atoms with Gasteiger partial charge in [-0.15, -0.1) is 0 Å². The van der Waals surface area contributed by atoms with Gasteiger partial charge < -0.3 is 14.7 Å². The van der Waals surface area contributed by atoms with Crippen molar-refractivity contribution in [2.24, 2.45) is 0 Å². The van der Waals surface area contributed by atoms with Gasteiger partial charge in [-0.3, -0.25) is 4.79 Å². The lowest BCUT2D eigenvalue weighted by Gasteiger charge is -2.30. The molecular formula is C19H27NO4. The topological polar surface area (TPSA) is 66.8 Å². The molecule has 0 saturated carbocycles. The minimum atomic E-state index is -1.28. The molecule has 1 aliphatic heterocycles. The SMILES string of the molecule is CCCCC(C(=O)N1CCCCC1)c1ccc(COC(=O)O)cc1. The van der Waals surface area contributed by atoms with Crippen molar-refractivity contribution >= 4 is 12.1 Å². The Kier molecular flexibility index (Phi) is 7.09. The molecule has 1 aromatic carbocycles. The maximum Gasteiger partial charge on any atom is 0.506 e. The van der Waals surface area contributed by atoms with Crippen LogP contribution in [0, 0.1) is 0 Å². The van der Waals surface area contributed by atoms with E-state index in [1.165, 1.54) is 6.42 Å². The van der Waals surface area contributed by atoms with Crippen LogP contribution in [0.2, 0.25) is 0 Å². The quantitative estimate of drug-likeness (QED) is 0.761. The predicted octanol–water partition coefficient (Wildman–Crippen LogP) is 4.17. The molecule has 0 bridgehead atoms. The smallest absolute Gasteiger partial charge is 0.450 e. The van der Waals surface area contributed by atoms with Crippen LogP contribution in [0.1, 0.15) is 62.5 Å². The highest BCUT2D eigenvalue weighted by Gasteiger charge is 2.26. The zero-order chi connectivity index (χ0) is 17.4. The summed E-state index contributed by atoms with van der Waals surface area (Å²) in [5.41, 5.74) is 1.80. The standard InChI is InChI=1S/C19H27NO4/c1-2-3-7-17(18(21)20-12-5-4-6-13-20)16-10-8-15(9-11-16)14-24-19(22)23/h8-11,17H,2-7,12-14H2,1H3,(H,22,23). The van der Waals surface area contributed by atoms with Crippen molar-refractivity contribution in [3.05, 3.63) is 35.4 Å². The Balaban J connectivity index is 2.08. The van der Waals surface area contributed by atoms with Crippen molar-refractivity contribution in [2.45, 2.75) is 58.0 Å². The number of rotatable bonds is 7. The number of ether oxygens (including phenoxy) is 1. The van der Waals surface area contributed by atoms with Crippen LogP contribution >= 0.6 is 0 Å². The van der Waals surface area contributed by atoms with Crippen LogP contribution in [0.15, 0.2) is 24.3 Å². The van der Waals surface area contributed by atoms with Crippen LogP contribution in [0.3, 0.4) is 0 Å². The molecule has 0 radical (unpaired) electrons. The van der Waals surface area contributed by atoms with E-state index in [1.807, 2.05) is 29.2 Å². The molecule has 5 heteroatoms. The fourth-order valence-electron chi connectivity index (χ4n) is 3.17. The average molecular weight is 333 g/mol. The number of unbranched alkanes of at least 4 members (excludes halogenated alkanes) is 1. The second-order valence-corrected chi connectivity index (χ2v) is 6.38. The number of piperidine rings is 1. The van der Waals surface area contributed by atoms with Gasteiger partial charge in [0.25, 0.3) is 0 Å². The molecule has 132 valence electrons. The van der Waals surface area contributed by atoms with Crippen molar-refractivity contribution in [3.63, 3.8) is 0 Å². The van der Waals surface area contributed by atoms with E-state index in [4.69, 9.17) is 5.11 Å². The fourth-order valence-corrected chi connectivity index (χ4v) is 3.17. The zero-order valence-electron chi connectivity index (χ0n) is 14.4. The number of carboxylic acid groups (broad SMARTS) is 1. The van der Waals surface area contributed by atoms with Gasteiger partial charge in [-0.2, -0.15) is 0 Å². The van der Waals surface area contributed by atoms with Gasteiger partial charge in [0.2, 0.25) is 5.91 Å². The molecule has 0 aromatic heterocycles. The van der Waals surface area contributed by atoms with Crippen LogP contribution in [0.5, 0.6) is 0 Å². The zero-order valence-corrected chi connectivity index (χ0v) is 14.4. The lowest BCUT2D eigenvalue weighted by Crippen LogP contribution is -2.38. The summed E-state index contributed by atoms with van der Waals surface area (Å²) in [7, 11) is 0. The fraction of sp³-hybridized carbons (Fsp3) is 0.579. The monoisotopic (exact) mass is 333 g/mol. The highest BCUT2D eigenvalue weighted by molar-refractivity contribution is 5.83. The summed E-state index contributed by atoms with van der Waals surface area (Å²) in [6.07, 6.45) is 5.07. The summed E-state index contributed by atoms with van der Waals surface area (Å²) < 4.78 is 4.58. The molecule has 1 fully saturated rings. The lowest BCUT2D eigenvalue weighted by molar-refractivity contribution is -0.133. The molecule has 1 amide bonds. The first kappa shape index (κ1) is 18.3. The Hall–Kier alpha value is -2.04. The number of nitrogens with zero attached hydrogens (tertiary/aromatic N) is 1. The lowest BCUT2D eigenvalue weighted by atomic mass is 9.91. The van der Waals surface area contributed by atoms with Gasteiger partial charge in [-0.05, 0) is 36.8 Å². The molecule has 24 heavy (non-hydrogen) atoms. The van der Waals surface area contributed by atoms with E-state index in [0.29, 0.717) is 0 Å². The number of amides is 1. The third-order valence-electron chi connectivity index (χ3n) is 4.56. The minimum absolute atomic E-state index is 0.0370. The number of hydrogen-bond donors (Lipinski definition) is 1. The molecule has 1 N–H and O–H groups in total. The molecule has 1 unspecified atom stereocenters. The Bertz CT molecular complexity index is 535. The molecule has 5 nitrogen and oxygen atoms in total. The highest BCUT2D eigenvalue weighted by atomic mass is 16.7. The number of carbonyl (C=O) groups excluding carboxylic acids is 1. The summed E-state index contributed by atoms with van der Waals surface area (Å²) >= 11 is 0. The van der Waals surface area contributed by atoms with E-state index in [-0.39, 0.29) is 18.4 Å². The second kappa shape index (κ2) is 9.30. The van der Waals surface area contributed by atoms with Gasteiger partial charge in [0, 0.05) is 13.1 Å². The maximum atomic E-state index is 12.9. The maximum absolute atomic E-state index is 12.9. The third-order valence-corrected chi connectivity index (χ3v) is 4.56. The summed E-state index contributed by atoms with van der Waals surface area (Å²) in [5, 5.41) is 8.56. The van der Waals surface area contributed by atoms with Gasteiger partial charge >= 0.3 is 6.16 Å². The van der Waals surface area contributed by atoms with Gasteiger partial charge in [-0.25, -0.2) is 4.79 Å². The average Bonchev–Trinajstić information content (AvgIpc) is 2.61. The first-order valence-corrected chi connectivity index (χ1v) is 8.85. The number of hydrogen-bond acceptors (Lipinski definition) is 3. The first-order chi connectivity index (χ1) is 11.6. The van der Waals surface area contributed by atoms with Gasteiger partial charge in [0.15, 0.2) is 0 Å². The number of benzene rings is 1. The van der Waals surface area contributed by atoms with Crippen molar-refractivity contribution < 1.29 is 19.4 Å². The van der Waals surface area contributed by atoms with Crippen LogP contribution < -0.4 is 0 Å². The predicted molar refractivity (Wildman–Crippen MR) is 92.0 cm³/mol. The number of carbonyl (C=O) groups is 2. The van der Waals surface area contributed by atoms with E-state index < -0.39 is 6.16 Å². The molecule has 1 atom stereocenters. The van der Waals surface area contributed by atoms with Crippen molar-refractivity contribution in [1.82, 2.24) is 4.90 Å². The van der Waals surface area contributed by atoms with Crippen molar-refractivity contribution in [1.29, 1.82) is 0 Å². The van der Waals surface area contributed by atoms with E-state index in [1.54, 1.807) is 0 Å². The van der Waals surface area contributed by atoms with E-state index in [2.05, 4.69) is 11.7 Å². The van der Waals surface area contributed by atoms with E-state index in [9.17, 15) is 9.59 Å². The van der Waals surface area contributed by atoms with E-state index >= 15 is 0 Å². The third kappa shape index (κ3) is 5.25. The van der Waals surface area contributed by atoms with Gasteiger partial charge in [0.05, 0.1) is 5.92 Å². The molecule has 1 saturated heterocycles. The first-order valence-electron chi connectivity index (χ1n) is 8.85. The molecule has 0 aliphatic carbocycles. The summed E-state index contributed by atoms with van der Waals surface area (Å²) in [6.45, 7) is 3.90. The molecular weight excluding hydrogens is 306 g/mol. The van der Waals surface area contributed by atoms with Crippen molar-refractivity contribution in [3.8, 4) is 0 Å². The Morgan fingerprint density at radius 3 is 2.42 bits per heavy atom. The molecule has 1 aliphatic rings. The molecule has 2 rings (SSSR count). The molecule has 1 heterocycles. The Morgan fingerprint density at radius 2 is 1.83 bits per heavy atom. The number of likely N-dealkylation sites (tertiary alicyclic amines) is 1. The van der Waals surface area contributed by atoms with Crippen LogP contribution in [0.25, 0.3) is 0 Å². The van der Waals surface area contributed by atoms with Crippen LogP contribution in [-0.4, -0.2) is 35.2 Å². The Morgan fingerprint density at radius 1 is 1.17 bits per heavy atom. The second-order valence-electron chi connectivity index (χ2n) is 6.38. The largest absolute Gasteiger partial charge is 0.506 e. The van der Waals surface area contributed by atoms with Crippen molar-refractivity contribution in [2.75, 3.05) is 13.1 Å². The molecule has 1 aromatic rings. The van der Waals surface area contributed by atoms with Gasteiger partial charge in [0.1, 0.15) is 6.61 Å². The molecule has 0 spiro atoms. The van der Waals surface area contributed by atoms with E-state index in [0.717, 1.165) is 56.3 Å². The summed E-state index contributed by atoms with van der Waals surface area (Å²) in [6, 6.07) is 7.56. The summed E-state index contributed by atoms with van der Waals surface area (Å²) in [5.74, 6) is 0.134. The normalized spacial score (nSPS) is 15.8. The van der Waals surface area contributed by atoms with Gasteiger partial charge in [-0.1, -0.05) is 44.0 Å². The summed E-state index contributed by atoms with van der Waals surface area (Å²) in [4.78, 5) is 25.4. The Labute approximate surface area is 143 Å². The van der Waals surface area contributed by atoms with Crippen LogP contribution in [0.4, 0.5) is 4.79 Å². The minimum Gasteiger partial charge on any atom is -0.450 e. The van der Waals surface area contributed by atoms with Crippen LogP contribution in [-0.2, 0) is 16.1 Å².